The van der Waals surface area contributed by atoms with Crippen LogP contribution in [0.2, 0.25) is 0 Å². The number of carbonyl (C=O) groups excluding carboxylic acids is 1. The van der Waals surface area contributed by atoms with Gasteiger partial charge in [0.05, 0.1) is 11.9 Å². The lowest BCUT2D eigenvalue weighted by Gasteiger charge is -2.19. The molecule has 0 saturated carbocycles. The van der Waals surface area contributed by atoms with Gasteiger partial charge in [-0.05, 0) is 42.3 Å². The van der Waals surface area contributed by atoms with Crippen molar-refractivity contribution in [2.45, 2.75) is 6.42 Å². The minimum atomic E-state index is -0.0733. The van der Waals surface area contributed by atoms with E-state index in [2.05, 4.69) is 16.4 Å². The summed E-state index contributed by atoms with van der Waals surface area (Å²) in [4.78, 5) is 19.0. The first kappa shape index (κ1) is 16.6. The molecule has 28 heavy (non-hydrogen) atoms. The monoisotopic (exact) mass is 373 g/mol. The highest BCUT2D eigenvalue weighted by Crippen LogP contribution is 2.33. The van der Waals surface area contributed by atoms with Crippen LogP contribution in [0.3, 0.4) is 0 Å². The predicted octanol–water partition coefficient (Wildman–Crippen LogP) is 3.80. The van der Waals surface area contributed by atoms with E-state index in [1.54, 1.807) is 17.2 Å². The molecular formula is C22H19N3O3. The lowest BCUT2D eigenvalue weighted by molar-refractivity contribution is 0.0984. The van der Waals surface area contributed by atoms with Gasteiger partial charge in [0.1, 0.15) is 18.9 Å². The van der Waals surface area contributed by atoms with Gasteiger partial charge in [-0.3, -0.25) is 4.79 Å². The van der Waals surface area contributed by atoms with E-state index >= 15 is 0 Å². The van der Waals surface area contributed by atoms with Crippen molar-refractivity contribution in [3.8, 4) is 11.5 Å². The van der Waals surface area contributed by atoms with Gasteiger partial charge < -0.3 is 19.7 Å². The van der Waals surface area contributed by atoms with Crippen LogP contribution in [0.25, 0.3) is 0 Å². The molecule has 0 radical (unpaired) electrons. The SMILES string of the molecule is O=C(c1ccc(Nc2ccc3c(c2)OCCO3)cn1)N1CCc2ccccc21. The third-order valence-electron chi connectivity index (χ3n) is 4.95. The molecule has 0 bridgehead atoms. The van der Waals surface area contributed by atoms with Crippen LogP contribution in [0, 0.1) is 0 Å². The molecule has 2 aromatic carbocycles. The van der Waals surface area contributed by atoms with Gasteiger partial charge in [-0.2, -0.15) is 0 Å². The van der Waals surface area contributed by atoms with Gasteiger partial charge in [0.25, 0.3) is 5.91 Å². The van der Waals surface area contributed by atoms with Crippen LogP contribution in [0.1, 0.15) is 16.1 Å². The Hall–Kier alpha value is -3.54. The minimum Gasteiger partial charge on any atom is -0.486 e. The number of anilines is 3. The number of pyridine rings is 1. The van der Waals surface area contributed by atoms with Crippen molar-refractivity contribution in [1.29, 1.82) is 0 Å². The third kappa shape index (κ3) is 3.03. The van der Waals surface area contributed by atoms with Crippen molar-refractivity contribution in [3.63, 3.8) is 0 Å². The average molecular weight is 373 g/mol. The van der Waals surface area contributed by atoms with E-state index < -0.39 is 0 Å². The summed E-state index contributed by atoms with van der Waals surface area (Å²) >= 11 is 0. The maximum absolute atomic E-state index is 12.9. The summed E-state index contributed by atoms with van der Waals surface area (Å²) in [5.41, 5.74) is 4.29. The van der Waals surface area contributed by atoms with Gasteiger partial charge in [-0.15, -0.1) is 0 Å². The molecule has 6 heteroatoms. The normalized spacial score (nSPS) is 14.5. The van der Waals surface area contributed by atoms with E-state index in [1.807, 2.05) is 42.5 Å². The number of amides is 1. The minimum absolute atomic E-state index is 0.0733. The van der Waals surface area contributed by atoms with E-state index in [0.717, 1.165) is 35.0 Å². The standard InChI is InChI=1S/C22H19N3O3/c26-22(25-10-9-15-3-1-2-4-19(15)25)18-7-5-17(14-23-18)24-16-6-8-20-21(13-16)28-12-11-27-20/h1-8,13-14,24H,9-12H2. The Balaban J connectivity index is 1.32. The number of nitrogens with one attached hydrogen (secondary N) is 1. The van der Waals surface area contributed by atoms with E-state index in [-0.39, 0.29) is 5.91 Å². The van der Waals surface area contributed by atoms with Crippen LogP contribution >= 0.6 is 0 Å². The second kappa shape index (κ2) is 6.88. The van der Waals surface area contributed by atoms with Gasteiger partial charge in [0, 0.05) is 24.0 Å². The fourth-order valence-electron chi connectivity index (χ4n) is 3.57. The third-order valence-corrected chi connectivity index (χ3v) is 4.95. The molecule has 6 nitrogen and oxygen atoms in total. The van der Waals surface area contributed by atoms with Crippen molar-refractivity contribution in [2.24, 2.45) is 0 Å². The van der Waals surface area contributed by atoms with Crippen LogP contribution in [-0.2, 0) is 6.42 Å². The molecule has 2 aliphatic heterocycles. The van der Waals surface area contributed by atoms with E-state index in [1.165, 1.54) is 5.56 Å². The predicted molar refractivity (Wildman–Crippen MR) is 107 cm³/mol. The quantitative estimate of drug-likeness (QED) is 0.757. The average Bonchev–Trinajstić information content (AvgIpc) is 3.18. The van der Waals surface area contributed by atoms with Crippen LogP contribution in [0.5, 0.6) is 11.5 Å². The molecular weight excluding hydrogens is 354 g/mol. The fraction of sp³-hybridized carbons (Fsp3) is 0.182. The van der Waals surface area contributed by atoms with E-state index in [9.17, 15) is 4.79 Å². The molecule has 0 saturated heterocycles. The lowest BCUT2D eigenvalue weighted by Crippen LogP contribution is -2.29. The molecule has 0 unspecified atom stereocenters. The lowest BCUT2D eigenvalue weighted by atomic mass is 10.2. The molecule has 0 atom stereocenters. The number of nitrogens with zero attached hydrogens (tertiary/aromatic N) is 2. The fourth-order valence-corrected chi connectivity index (χ4v) is 3.57. The molecule has 0 aliphatic carbocycles. The van der Waals surface area contributed by atoms with Crippen LogP contribution in [0.4, 0.5) is 17.1 Å². The number of hydrogen-bond acceptors (Lipinski definition) is 5. The zero-order valence-corrected chi connectivity index (χ0v) is 15.2. The maximum Gasteiger partial charge on any atom is 0.276 e. The van der Waals surface area contributed by atoms with Gasteiger partial charge in [0.2, 0.25) is 0 Å². The Morgan fingerprint density at radius 2 is 1.79 bits per heavy atom. The van der Waals surface area contributed by atoms with Gasteiger partial charge >= 0.3 is 0 Å². The molecule has 1 amide bonds. The van der Waals surface area contributed by atoms with Crippen LogP contribution in [-0.4, -0.2) is 30.6 Å². The maximum atomic E-state index is 12.9. The Morgan fingerprint density at radius 1 is 0.964 bits per heavy atom. The van der Waals surface area contributed by atoms with Gasteiger partial charge in [-0.25, -0.2) is 4.98 Å². The second-order valence-corrected chi connectivity index (χ2v) is 6.75. The van der Waals surface area contributed by atoms with Crippen molar-refractivity contribution in [3.05, 3.63) is 72.1 Å². The van der Waals surface area contributed by atoms with Crippen molar-refractivity contribution in [1.82, 2.24) is 4.98 Å². The zero-order chi connectivity index (χ0) is 18.9. The highest BCUT2D eigenvalue weighted by atomic mass is 16.6. The summed E-state index contributed by atoms with van der Waals surface area (Å²) in [5.74, 6) is 1.40. The molecule has 2 aliphatic rings. The Morgan fingerprint density at radius 3 is 2.64 bits per heavy atom. The first-order chi connectivity index (χ1) is 13.8. The largest absolute Gasteiger partial charge is 0.486 e. The molecule has 0 spiro atoms. The molecule has 1 aromatic heterocycles. The zero-order valence-electron chi connectivity index (χ0n) is 15.2. The van der Waals surface area contributed by atoms with E-state index in [4.69, 9.17) is 9.47 Å². The molecule has 1 N–H and O–H groups in total. The number of hydrogen-bond donors (Lipinski definition) is 1. The highest BCUT2D eigenvalue weighted by molar-refractivity contribution is 6.06. The van der Waals surface area contributed by atoms with Crippen LogP contribution in [0.15, 0.2) is 60.8 Å². The summed E-state index contributed by atoms with van der Waals surface area (Å²) in [6.45, 7) is 1.81. The summed E-state index contributed by atoms with van der Waals surface area (Å²) in [6, 6.07) is 17.3. The smallest absolute Gasteiger partial charge is 0.276 e. The van der Waals surface area contributed by atoms with Crippen molar-refractivity contribution >= 4 is 23.0 Å². The summed E-state index contributed by atoms with van der Waals surface area (Å²) in [7, 11) is 0. The summed E-state index contributed by atoms with van der Waals surface area (Å²) in [6.07, 6.45) is 2.55. The molecule has 0 fully saturated rings. The van der Waals surface area contributed by atoms with Crippen LogP contribution < -0.4 is 19.7 Å². The highest BCUT2D eigenvalue weighted by Gasteiger charge is 2.25. The molecule has 3 aromatic rings. The summed E-state index contributed by atoms with van der Waals surface area (Å²) in [5, 5.41) is 3.28. The topological polar surface area (TPSA) is 63.7 Å². The van der Waals surface area contributed by atoms with Crippen molar-refractivity contribution in [2.75, 3.05) is 30.0 Å². The molecule has 3 heterocycles. The first-order valence-electron chi connectivity index (χ1n) is 9.30. The number of benzene rings is 2. The molecule has 5 rings (SSSR count). The first-order valence-corrected chi connectivity index (χ1v) is 9.30. The Labute approximate surface area is 162 Å². The van der Waals surface area contributed by atoms with Crippen molar-refractivity contribution < 1.29 is 14.3 Å². The summed E-state index contributed by atoms with van der Waals surface area (Å²) < 4.78 is 11.1. The number of para-hydroxylation sites is 1. The number of rotatable bonds is 3. The number of fused-ring (bicyclic) bond motifs is 2. The Kier molecular flexibility index (Phi) is 4.09. The number of ether oxygens (including phenoxy) is 2. The number of aromatic nitrogens is 1. The number of carbonyl (C=O) groups is 1. The van der Waals surface area contributed by atoms with Gasteiger partial charge in [0.15, 0.2) is 11.5 Å². The Bertz CT molecular complexity index is 1030. The second-order valence-electron chi connectivity index (χ2n) is 6.75. The van der Waals surface area contributed by atoms with Gasteiger partial charge in [-0.1, -0.05) is 18.2 Å². The molecule has 140 valence electrons. The van der Waals surface area contributed by atoms with E-state index in [0.29, 0.717) is 25.5 Å².